The molecule has 7 heteroatoms. The lowest BCUT2D eigenvalue weighted by atomic mass is 9.87. The van der Waals surface area contributed by atoms with Crippen LogP contribution in [0, 0.1) is 5.92 Å². The summed E-state index contributed by atoms with van der Waals surface area (Å²) in [6.45, 7) is 3.48. The molecule has 20 heavy (non-hydrogen) atoms. The normalized spacial score (nSPS) is 22.4. The summed E-state index contributed by atoms with van der Waals surface area (Å²) in [7, 11) is 1.53. The van der Waals surface area contributed by atoms with E-state index in [1.54, 1.807) is 0 Å². The first kappa shape index (κ1) is 14.8. The first-order valence-electron chi connectivity index (χ1n) is 7.17. The Bertz CT molecular complexity index is 429. The molecule has 0 amide bonds. The molecular formula is C13H23N5O2. The Morgan fingerprint density at radius 3 is 2.60 bits per heavy atom. The fourth-order valence-electron chi connectivity index (χ4n) is 2.45. The molecule has 2 atom stereocenters. The minimum Gasteiger partial charge on any atom is -0.467 e. The van der Waals surface area contributed by atoms with Crippen molar-refractivity contribution < 1.29 is 9.84 Å². The SMILES string of the molecule is CCNc1nc(NCC2CCCC(O)C2)nc(OC)n1. The summed E-state index contributed by atoms with van der Waals surface area (Å²) in [4.78, 5) is 12.6. The molecule has 7 nitrogen and oxygen atoms in total. The monoisotopic (exact) mass is 281 g/mol. The first-order chi connectivity index (χ1) is 9.71. The average molecular weight is 281 g/mol. The van der Waals surface area contributed by atoms with E-state index >= 15 is 0 Å². The lowest BCUT2D eigenvalue weighted by molar-refractivity contribution is 0.104. The molecule has 0 radical (unpaired) electrons. The Kier molecular flexibility index (Phi) is 5.34. The zero-order chi connectivity index (χ0) is 14.4. The highest BCUT2D eigenvalue weighted by Crippen LogP contribution is 2.24. The number of methoxy groups -OCH3 is 1. The van der Waals surface area contributed by atoms with Crippen LogP contribution in [0.4, 0.5) is 11.9 Å². The number of ether oxygens (including phenoxy) is 1. The summed E-state index contributed by atoms with van der Waals surface area (Å²) in [5.41, 5.74) is 0. The van der Waals surface area contributed by atoms with Crippen molar-refractivity contribution in [3.63, 3.8) is 0 Å². The molecule has 1 aliphatic rings. The van der Waals surface area contributed by atoms with Gasteiger partial charge < -0.3 is 20.5 Å². The number of aliphatic hydroxyl groups excluding tert-OH is 1. The third-order valence-corrected chi connectivity index (χ3v) is 3.44. The van der Waals surface area contributed by atoms with E-state index in [-0.39, 0.29) is 6.10 Å². The van der Waals surface area contributed by atoms with Crippen molar-refractivity contribution in [3.8, 4) is 6.01 Å². The van der Waals surface area contributed by atoms with Crippen molar-refractivity contribution in [1.29, 1.82) is 0 Å². The van der Waals surface area contributed by atoms with Gasteiger partial charge in [-0.2, -0.15) is 15.0 Å². The van der Waals surface area contributed by atoms with E-state index < -0.39 is 0 Å². The predicted octanol–water partition coefficient (Wildman–Crippen LogP) is 1.27. The molecule has 0 saturated heterocycles. The van der Waals surface area contributed by atoms with Gasteiger partial charge in [0.1, 0.15) is 0 Å². The van der Waals surface area contributed by atoms with Gasteiger partial charge in [-0.1, -0.05) is 6.42 Å². The van der Waals surface area contributed by atoms with Crippen molar-refractivity contribution >= 4 is 11.9 Å². The molecule has 1 aromatic heterocycles. The van der Waals surface area contributed by atoms with Crippen LogP contribution in [0.15, 0.2) is 0 Å². The standard InChI is InChI=1S/C13H23N5O2/c1-3-14-11-16-12(18-13(17-11)20-2)15-8-9-5-4-6-10(19)7-9/h9-10,19H,3-8H2,1-2H3,(H2,14,15,16,17,18). The first-order valence-corrected chi connectivity index (χ1v) is 7.17. The second-order valence-electron chi connectivity index (χ2n) is 5.07. The maximum Gasteiger partial charge on any atom is 0.322 e. The Labute approximate surface area is 119 Å². The van der Waals surface area contributed by atoms with Gasteiger partial charge in [-0.15, -0.1) is 0 Å². The van der Waals surface area contributed by atoms with E-state index in [0.717, 1.165) is 38.8 Å². The lowest BCUT2D eigenvalue weighted by Crippen LogP contribution is -2.25. The number of rotatable bonds is 6. The fourth-order valence-corrected chi connectivity index (χ4v) is 2.45. The summed E-state index contributed by atoms with van der Waals surface area (Å²) in [6, 6.07) is 0.294. The maximum atomic E-state index is 9.67. The van der Waals surface area contributed by atoms with Gasteiger partial charge in [-0.05, 0) is 32.1 Å². The number of nitrogens with one attached hydrogen (secondary N) is 2. The summed E-state index contributed by atoms with van der Waals surface area (Å²) < 4.78 is 5.07. The van der Waals surface area contributed by atoms with Crippen LogP contribution in [0.3, 0.4) is 0 Å². The van der Waals surface area contributed by atoms with E-state index in [2.05, 4.69) is 25.6 Å². The summed E-state index contributed by atoms with van der Waals surface area (Å²) in [5, 5.41) is 15.9. The molecule has 112 valence electrons. The minimum absolute atomic E-state index is 0.166. The second-order valence-corrected chi connectivity index (χ2v) is 5.07. The van der Waals surface area contributed by atoms with Gasteiger partial charge in [0.15, 0.2) is 0 Å². The highest BCUT2D eigenvalue weighted by Gasteiger charge is 2.20. The molecule has 1 heterocycles. The molecule has 0 spiro atoms. The van der Waals surface area contributed by atoms with E-state index in [9.17, 15) is 5.11 Å². The molecule has 1 aliphatic carbocycles. The van der Waals surface area contributed by atoms with Crippen LogP contribution in [0.25, 0.3) is 0 Å². The van der Waals surface area contributed by atoms with Gasteiger partial charge in [-0.3, -0.25) is 0 Å². The van der Waals surface area contributed by atoms with Crippen LogP contribution < -0.4 is 15.4 Å². The topological polar surface area (TPSA) is 92.2 Å². The number of hydrogen-bond acceptors (Lipinski definition) is 7. The number of aliphatic hydroxyl groups is 1. The predicted molar refractivity (Wildman–Crippen MR) is 77.0 cm³/mol. The van der Waals surface area contributed by atoms with Crippen LogP contribution in [0.1, 0.15) is 32.6 Å². The van der Waals surface area contributed by atoms with Gasteiger partial charge in [0, 0.05) is 13.1 Å². The van der Waals surface area contributed by atoms with Crippen LogP contribution in [0.5, 0.6) is 6.01 Å². The third-order valence-electron chi connectivity index (χ3n) is 3.44. The summed E-state index contributed by atoms with van der Waals surface area (Å²) in [5.74, 6) is 1.47. The Morgan fingerprint density at radius 2 is 1.95 bits per heavy atom. The smallest absolute Gasteiger partial charge is 0.322 e. The molecule has 1 saturated carbocycles. The Morgan fingerprint density at radius 1 is 1.20 bits per heavy atom. The van der Waals surface area contributed by atoms with Gasteiger partial charge in [0.2, 0.25) is 11.9 Å². The molecule has 0 aromatic carbocycles. The highest BCUT2D eigenvalue weighted by molar-refractivity contribution is 5.35. The fraction of sp³-hybridized carbons (Fsp3) is 0.769. The molecule has 1 aromatic rings. The minimum atomic E-state index is -0.166. The van der Waals surface area contributed by atoms with E-state index in [0.29, 0.717) is 23.8 Å². The van der Waals surface area contributed by atoms with Crippen molar-refractivity contribution in [3.05, 3.63) is 0 Å². The number of nitrogens with zero attached hydrogens (tertiary/aromatic N) is 3. The van der Waals surface area contributed by atoms with E-state index in [1.807, 2.05) is 6.92 Å². The molecule has 0 bridgehead atoms. The van der Waals surface area contributed by atoms with Gasteiger partial charge in [0.25, 0.3) is 0 Å². The molecule has 2 unspecified atom stereocenters. The van der Waals surface area contributed by atoms with E-state index in [1.165, 1.54) is 7.11 Å². The summed E-state index contributed by atoms with van der Waals surface area (Å²) >= 11 is 0. The summed E-state index contributed by atoms with van der Waals surface area (Å²) in [6.07, 6.45) is 3.81. The zero-order valence-corrected chi connectivity index (χ0v) is 12.1. The van der Waals surface area contributed by atoms with Gasteiger partial charge in [0.05, 0.1) is 13.2 Å². The molecule has 1 fully saturated rings. The van der Waals surface area contributed by atoms with Crippen molar-refractivity contribution in [2.24, 2.45) is 5.92 Å². The number of hydrogen-bond donors (Lipinski definition) is 3. The van der Waals surface area contributed by atoms with E-state index in [4.69, 9.17) is 4.74 Å². The zero-order valence-electron chi connectivity index (χ0n) is 12.1. The quantitative estimate of drug-likeness (QED) is 0.723. The molecule has 3 N–H and O–H groups in total. The Hall–Kier alpha value is -1.63. The average Bonchev–Trinajstić information content (AvgIpc) is 2.45. The maximum absolute atomic E-state index is 9.67. The van der Waals surface area contributed by atoms with Crippen LogP contribution >= 0.6 is 0 Å². The van der Waals surface area contributed by atoms with Gasteiger partial charge >= 0.3 is 6.01 Å². The highest BCUT2D eigenvalue weighted by atomic mass is 16.5. The van der Waals surface area contributed by atoms with Crippen molar-refractivity contribution in [2.75, 3.05) is 30.8 Å². The van der Waals surface area contributed by atoms with Crippen LogP contribution in [0.2, 0.25) is 0 Å². The van der Waals surface area contributed by atoms with Crippen molar-refractivity contribution in [1.82, 2.24) is 15.0 Å². The second kappa shape index (κ2) is 7.23. The van der Waals surface area contributed by atoms with Crippen LogP contribution in [-0.4, -0.2) is 46.4 Å². The molecule has 0 aliphatic heterocycles. The number of aromatic nitrogens is 3. The van der Waals surface area contributed by atoms with Crippen molar-refractivity contribution in [2.45, 2.75) is 38.7 Å². The lowest BCUT2D eigenvalue weighted by Gasteiger charge is -2.25. The third kappa shape index (κ3) is 4.19. The largest absolute Gasteiger partial charge is 0.467 e. The Balaban J connectivity index is 1.95. The molecular weight excluding hydrogens is 258 g/mol. The molecule has 2 rings (SSSR count). The number of anilines is 2. The van der Waals surface area contributed by atoms with Gasteiger partial charge in [-0.25, -0.2) is 0 Å². The van der Waals surface area contributed by atoms with Crippen LogP contribution in [-0.2, 0) is 0 Å².